The third-order valence-electron chi connectivity index (χ3n) is 4.09. The van der Waals surface area contributed by atoms with Crippen LogP contribution in [0, 0.1) is 17.0 Å². The molecule has 4 rings (SSSR count). The number of fused-ring (bicyclic) bond motifs is 1. The van der Waals surface area contributed by atoms with E-state index in [2.05, 4.69) is 4.98 Å². The fraction of sp³-hybridized carbons (Fsp3) is 0.111. The first-order valence-electron chi connectivity index (χ1n) is 8.08. The van der Waals surface area contributed by atoms with Crippen LogP contribution in [0.1, 0.15) is 21.9 Å². The normalized spacial score (nSPS) is 11.1. The van der Waals surface area contributed by atoms with Gasteiger partial charge in [0.25, 0.3) is 5.91 Å². The summed E-state index contributed by atoms with van der Waals surface area (Å²) in [5.74, 6) is -0.698. The van der Waals surface area contributed by atoms with Crippen LogP contribution in [0.3, 0.4) is 0 Å². The van der Waals surface area contributed by atoms with Crippen LogP contribution in [-0.4, -0.2) is 15.8 Å². The van der Waals surface area contributed by atoms with Crippen molar-refractivity contribution in [1.29, 1.82) is 0 Å². The van der Waals surface area contributed by atoms with Crippen LogP contribution in [0.15, 0.2) is 51.5 Å². The predicted molar refractivity (Wildman–Crippen MR) is 104 cm³/mol. The summed E-state index contributed by atoms with van der Waals surface area (Å²) in [7, 11) is 0. The Kier molecular flexibility index (Phi) is 4.62. The van der Waals surface area contributed by atoms with Crippen molar-refractivity contribution >= 4 is 50.1 Å². The summed E-state index contributed by atoms with van der Waals surface area (Å²) in [6.45, 7) is 1.94. The molecule has 0 spiro atoms. The number of benzene rings is 1. The van der Waals surface area contributed by atoms with Crippen molar-refractivity contribution in [1.82, 2.24) is 4.98 Å². The number of nitro groups is 1. The SMILES string of the molecule is Cc1c(Cl)ccc2sc(N(Cc3ccco3)C(=O)c3ccc([N+](=O)[O-])o3)nc12. The van der Waals surface area contributed by atoms with Crippen molar-refractivity contribution < 1.29 is 18.6 Å². The summed E-state index contributed by atoms with van der Waals surface area (Å²) in [4.78, 5) is 29.1. The first kappa shape index (κ1) is 18.2. The lowest BCUT2D eigenvalue weighted by Crippen LogP contribution is -2.29. The maximum atomic E-state index is 13.0. The highest BCUT2D eigenvalue weighted by molar-refractivity contribution is 7.22. The molecule has 3 heterocycles. The van der Waals surface area contributed by atoms with Crippen molar-refractivity contribution in [2.75, 3.05) is 4.90 Å². The van der Waals surface area contributed by atoms with Gasteiger partial charge in [0, 0.05) is 5.02 Å². The topological polar surface area (TPSA) is 103 Å². The van der Waals surface area contributed by atoms with E-state index in [9.17, 15) is 14.9 Å². The Morgan fingerprint density at radius 2 is 2.14 bits per heavy atom. The van der Waals surface area contributed by atoms with Gasteiger partial charge < -0.3 is 8.83 Å². The highest BCUT2D eigenvalue weighted by Gasteiger charge is 2.27. The fourth-order valence-corrected chi connectivity index (χ4v) is 3.84. The minimum absolute atomic E-state index is 0.0902. The van der Waals surface area contributed by atoms with Gasteiger partial charge >= 0.3 is 5.88 Å². The zero-order valence-corrected chi connectivity index (χ0v) is 16.0. The number of aromatic nitrogens is 1. The Morgan fingerprint density at radius 1 is 1.32 bits per heavy atom. The molecule has 8 nitrogen and oxygen atoms in total. The fourth-order valence-electron chi connectivity index (χ4n) is 2.66. The van der Waals surface area contributed by atoms with Gasteiger partial charge in [-0.3, -0.25) is 19.8 Å². The molecule has 0 N–H and O–H groups in total. The van der Waals surface area contributed by atoms with Crippen molar-refractivity contribution in [3.05, 3.63) is 74.9 Å². The van der Waals surface area contributed by atoms with Gasteiger partial charge in [-0.2, -0.15) is 0 Å². The molecule has 0 aliphatic heterocycles. The molecule has 0 atom stereocenters. The smallest absolute Gasteiger partial charge is 0.433 e. The Labute approximate surface area is 167 Å². The summed E-state index contributed by atoms with van der Waals surface area (Å²) >= 11 is 7.48. The summed E-state index contributed by atoms with van der Waals surface area (Å²) in [5.41, 5.74) is 1.50. The summed E-state index contributed by atoms with van der Waals surface area (Å²) in [6.07, 6.45) is 1.50. The van der Waals surface area contributed by atoms with Crippen LogP contribution in [0.25, 0.3) is 10.2 Å². The number of carbonyl (C=O) groups excluding carboxylic acids is 1. The third kappa shape index (κ3) is 3.25. The number of hydrogen-bond donors (Lipinski definition) is 0. The second kappa shape index (κ2) is 7.10. The van der Waals surface area contributed by atoms with E-state index in [0.717, 1.165) is 16.3 Å². The van der Waals surface area contributed by atoms with Gasteiger partial charge in [-0.25, -0.2) is 4.98 Å². The molecule has 0 aliphatic rings. The maximum absolute atomic E-state index is 13.0. The van der Waals surface area contributed by atoms with Crippen LogP contribution in [0.2, 0.25) is 5.02 Å². The molecule has 142 valence electrons. The Hall–Kier alpha value is -3.17. The lowest BCUT2D eigenvalue weighted by molar-refractivity contribution is -0.402. The number of nitrogens with zero attached hydrogens (tertiary/aromatic N) is 3. The van der Waals surface area contributed by atoms with E-state index in [4.69, 9.17) is 20.4 Å². The second-order valence-corrected chi connectivity index (χ2v) is 7.30. The molecule has 1 amide bonds. The first-order valence-corrected chi connectivity index (χ1v) is 9.27. The number of thiazole rings is 1. The van der Waals surface area contributed by atoms with Gasteiger partial charge in [0.1, 0.15) is 10.7 Å². The quantitative estimate of drug-likeness (QED) is 0.326. The van der Waals surface area contributed by atoms with Crippen molar-refractivity contribution in [2.24, 2.45) is 0 Å². The minimum atomic E-state index is -0.698. The van der Waals surface area contributed by atoms with Crippen LogP contribution in [0.5, 0.6) is 0 Å². The number of rotatable bonds is 5. The van der Waals surface area contributed by atoms with Crippen molar-refractivity contribution in [3.8, 4) is 0 Å². The molecule has 4 aromatic rings. The van der Waals surface area contributed by atoms with Gasteiger partial charge in [0.15, 0.2) is 10.9 Å². The molecule has 0 bridgehead atoms. The van der Waals surface area contributed by atoms with Gasteiger partial charge in [0.2, 0.25) is 0 Å². The average molecular weight is 418 g/mol. The third-order valence-corrected chi connectivity index (χ3v) is 5.54. The monoisotopic (exact) mass is 417 g/mol. The largest absolute Gasteiger partial charge is 0.467 e. The molecule has 3 aromatic heterocycles. The lowest BCUT2D eigenvalue weighted by Gasteiger charge is -2.17. The zero-order valence-electron chi connectivity index (χ0n) is 14.4. The van der Waals surface area contributed by atoms with Gasteiger partial charge in [-0.15, -0.1) is 0 Å². The summed E-state index contributed by atoms with van der Waals surface area (Å²) in [6, 6.07) is 9.44. The van der Waals surface area contributed by atoms with E-state index >= 15 is 0 Å². The molecule has 28 heavy (non-hydrogen) atoms. The molecule has 0 aliphatic carbocycles. The van der Waals surface area contributed by atoms with Gasteiger partial charge in [0.05, 0.1) is 29.1 Å². The molecule has 10 heteroatoms. The number of anilines is 1. The minimum Gasteiger partial charge on any atom is -0.467 e. The number of halogens is 1. The number of carbonyl (C=O) groups is 1. The number of aryl methyl sites for hydroxylation is 1. The molecule has 1 aromatic carbocycles. The average Bonchev–Trinajstić information content (AvgIpc) is 3.42. The molecule has 0 saturated carbocycles. The summed E-state index contributed by atoms with van der Waals surface area (Å²) < 4.78 is 11.3. The standard InChI is InChI=1S/C18H12ClN3O5S/c1-10-12(19)4-6-14-16(10)20-18(28-14)21(9-11-3-2-8-26-11)17(23)13-5-7-15(27-13)22(24)25/h2-8H,9H2,1H3. The van der Waals surface area contributed by atoms with E-state index in [1.54, 1.807) is 18.2 Å². The van der Waals surface area contributed by atoms with Crippen molar-refractivity contribution in [3.63, 3.8) is 0 Å². The van der Waals surface area contributed by atoms with Crippen LogP contribution in [0.4, 0.5) is 11.0 Å². The van der Waals surface area contributed by atoms with E-state index in [0.29, 0.717) is 21.4 Å². The van der Waals surface area contributed by atoms with Crippen molar-refractivity contribution in [2.45, 2.75) is 13.5 Å². The predicted octanol–water partition coefficient (Wildman–Crippen LogP) is 5.20. The number of amides is 1. The van der Waals surface area contributed by atoms with Crippen LogP contribution < -0.4 is 4.90 Å². The maximum Gasteiger partial charge on any atom is 0.433 e. The van der Waals surface area contributed by atoms with Gasteiger partial charge in [-0.1, -0.05) is 22.9 Å². The van der Waals surface area contributed by atoms with E-state index < -0.39 is 16.7 Å². The van der Waals surface area contributed by atoms with E-state index in [-0.39, 0.29) is 12.3 Å². The Balaban J connectivity index is 1.78. The highest BCUT2D eigenvalue weighted by Crippen LogP contribution is 2.35. The van der Waals surface area contributed by atoms with E-state index in [1.807, 2.05) is 13.0 Å². The zero-order chi connectivity index (χ0) is 19.8. The first-order chi connectivity index (χ1) is 13.4. The van der Waals surface area contributed by atoms with Gasteiger partial charge in [-0.05, 0) is 42.8 Å². The Bertz CT molecular complexity index is 1180. The molecule has 0 radical (unpaired) electrons. The molecule has 0 saturated heterocycles. The molecule has 0 fully saturated rings. The number of furan rings is 2. The molecular weight excluding hydrogens is 406 g/mol. The highest BCUT2D eigenvalue weighted by atomic mass is 35.5. The molecule has 0 unspecified atom stereocenters. The van der Waals surface area contributed by atoms with E-state index in [1.165, 1.54) is 28.6 Å². The van der Waals surface area contributed by atoms with Crippen LogP contribution in [-0.2, 0) is 6.54 Å². The molecular formula is C18H12ClN3O5S. The summed E-state index contributed by atoms with van der Waals surface area (Å²) in [5, 5.41) is 11.9. The number of hydrogen-bond acceptors (Lipinski definition) is 7. The van der Waals surface area contributed by atoms with Crippen LogP contribution >= 0.6 is 22.9 Å². The second-order valence-electron chi connectivity index (χ2n) is 5.88. The lowest BCUT2D eigenvalue weighted by atomic mass is 10.2. The Morgan fingerprint density at radius 3 is 2.82 bits per heavy atom.